The molecule has 2 fully saturated rings. The van der Waals surface area contributed by atoms with Crippen LogP contribution in [0.15, 0.2) is 23.2 Å². The van der Waals surface area contributed by atoms with Gasteiger partial charge >= 0.3 is 0 Å². The molecule has 2 saturated heterocycles. The van der Waals surface area contributed by atoms with E-state index in [9.17, 15) is 8.42 Å². The molecule has 0 saturated carbocycles. The molecule has 2 aliphatic heterocycles. The lowest BCUT2D eigenvalue weighted by Gasteiger charge is -2.17. The second-order valence-electron chi connectivity index (χ2n) is 7.84. The molecule has 0 spiro atoms. The first-order valence-corrected chi connectivity index (χ1v) is 12.4. The van der Waals surface area contributed by atoms with Crippen LogP contribution >= 0.6 is 0 Å². The van der Waals surface area contributed by atoms with Gasteiger partial charge in [0.25, 0.3) is 0 Å². The number of ether oxygens (including phenoxy) is 2. The topological polar surface area (TPSA) is 92.3 Å². The zero-order valence-corrected chi connectivity index (χ0v) is 18.8. The van der Waals surface area contributed by atoms with Crippen LogP contribution in [-0.4, -0.2) is 70.4 Å². The Morgan fingerprint density at radius 3 is 2.93 bits per heavy atom. The summed E-state index contributed by atoms with van der Waals surface area (Å²) in [6.45, 7) is 9.08. The van der Waals surface area contributed by atoms with Crippen molar-refractivity contribution >= 4 is 16.0 Å². The zero-order valence-electron chi connectivity index (χ0n) is 18.0. The molecule has 0 aromatic heterocycles. The molecule has 1 aromatic rings. The molecule has 168 valence electrons. The summed E-state index contributed by atoms with van der Waals surface area (Å²) in [5.41, 5.74) is 2.18. The monoisotopic (exact) mass is 438 g/mol. The van der Waals surface area contributed by atoms with E-state index in [1.54, 1.807) is 4.31 Å². The Morgan fingerprint density at radius 2 is 2.23 bits per heavy atom. The molecule has 30 heavy (non-hydrogen) atoms. The van der Waals surface area contributed by atoms with Crippen LogP contribution in [0.25, 0.3) is 0 Å². The van der Waals surface area contributed by atoms with Gasteiger partial charge in [0.15, 0.2) is 5.96 Å². The van der Waals surface area contributed by atoms with Crippen molar-refractivity contribution in [3.05, 3.63) is 29.3 Å². The van der Waals surface area contributed by atoms with E-state index in [4.69, 9.17) is 9.47 Å². The summed E-state index contributed by atoms with van der Waals surface area (Å²) in [4.78, 5) is 4.68. The highest BCUT2D eigenvalue weighted by atomic mass is 32.2. The van der Waals surface area contributed by atoms with Crippen molar-refractivity contribution in [3.63, 3.8) is 0 Å². The van der Waals surface area contributed by atoms with Gasteiger partial charge in [-0.15, -0.1) is 0 Å². The zero-order chi connectivity index (χ0) is 21.4. The number of hydrogen-bond acceptors (Lipinski definition) is 5. The third-order valence-electron chi connectivity index (χ3n) is 5.33. The van der Waals surface area contributed by atoms with Crippen LogP contribution in [-0.2, 0) is 21.3 Å². The second kappa shape index (κ2) is 11.0. The van der Waals surface area contributed by atoms with Crippen molar-refractivity contribution in [1.29, 1.82) is 0 Å². The van der Waals surface area contributed by atoms with Crippen LogP contribution in [0.5, 0.6) is 5.75 Å². The number of nitrogens with zero attached hydrogens (tertiary/aromatic N) is 2. The Kier molecular flexibility index (Phi) is 8.35. The maximum Gasteiger partial charge on any atom is 0.214 e. The van der Waals surface area contributed by atoms with Crippen molar-refractivity contribution in [2.24, 2.45) is 10.9 Å². The van der Waals surface area contributed by atoms with Crippen molar-refractivity contribution < 1.29 is 17.9 Å². The molecule has 8 nitrogen and oxygen atoms in total. The van der Waals surface area contributed by atoms with E-state index < -0.39 is 10.0 Å². The predicted molar refractivity (Wildman–Crippen MR) is 118 cm³/mol. The average Bonchev–Trinajstić information content (AvgIpc) is 3.35. The quantitative estimate of drug-likeness (QED) is 0.448. The Morgan fingerprint density at radius 1 is 1.37 bits per heavy atom. The molecule has 2 N–H and O–H groups in total. The standard InChI is InChI=1S/C21H34N4O4S/c1-3-22-21(23-8-10-25-9-4-12-30(25,26)27)24-14-19-6-5-17(2)13-20(19)29-16-18-7-11-28-15-18/h5-6,13,18H,3-4,7-12,14-16H2,1-2H3,(H2,22,23,24). The van der Waals surface area contributed by atoms with Crippen molar-refractivity contribution in [1.82, 2.24) is 14.9 Å². The van der Waals surface area contributed by atoms with Gasteiger partial charge in [-0.25, -0.2) is 17.7 Å². The summed E-state index contributed by atoms with van der Waals surface area (Å²) in [6.07, 6.45) is 1.75. The van der Waals surface area contributed by atoms with Crippen LogP contribution in [0, 0.1) is 12.8 Å². The van der Waals surface area contributed by atoms with Crippen LogP contribution in [0.1, 0.15) is 30.9 Å². The SMILES string of the molecule is CCNC(=NCc1ccc(C)cc1OCC1CCOC1)NCCN1CCCS1(=O)=O. The van der Waals surface area contributed by atoms with E-state index in [2.05, 4.69) is 40.7 Å². The second-order valence-corrected chi connectivity index (χ2v) is 9.93. The molecule has 9 heteroatoms. The van der Waals surface area contributed by atoms with E-state index in [0.29, 0.717) is 51.1 Å². The Balaban J connectivity index is 1.57. The van der Waals surface area contributed by atoms with Gasteiger partial charge in [-0.05, 0) is 38.3 Å². The summed E-state index contributed by atoms with van der Waals surface area (Å²) in [5.74, 6) is 2.24. The fourth-order valence-electron chi connectivity index (χ4n) is 3.60. The molecule has 0 radical (unpaired) electrons. The van der Waals surface area contributed by atoms with Gasteiger partial charge in [0.05, 0.1) is 25.5 Å². The fourth-order valence-corrected chi connectivity index (χ4v) is 5.13. The molecule has 2 heterocycles. The molecular formula is C21H34N4O4S. The third kappa shape index (κ3) is 6.58. The van der Waals surface area contributed by atoms with E-state index in [-0.39, 0.29) is 5.75 Å². The number of sulfonamides is 1. The number of nitrogens with one attached hydrogen (secondary N) is 2. The smallest absolute Gasteiger partial charge is 0.214 e. The van der Waals surface area contributed by atoms with Gasteiger partial charge in [-0.3, -0.25) is 0 Å². The number of guanidine groups is 1. The molecule has 2 aliphatic rings. The van der Waals surface area contributed by atoms with E-state index in [0.717, 1.165) is 43.1 Å². The Labute approximate surface area is 180 Å². The Bertz CT molecular complexity index is 822. The third-order valence-corrected chi connectivity index (χ3v) is 7.29. The minimum absolute atomic E-state index is 0.254. The van der Waals surface area contributed by atoms with E-state index in [1.807, 2.05) is 6.92 Å². The molecule has 0 amide bonds. The van der Waals surface area contributed by atoms with Gasteiger partial charge in [0.2, 0.25) is 10.0 Å². The lowest BCUT2D eigenvalue weighted by Crippen LogP contribution is -2.42. The summed E-state index contributed by atoms with van der Waals surface area (Å²) in [7, 11) is -3.07. The van der Waals surface area contributed by atoms with Gasteiger partial charge in [-0.1, -0.05) is 12.1 Å². The molecule has 3 rings (SSSR count). The van der Waals surface area contributed by atoms with E-state index in [1.165, 1.54) is 0 Å². The predicted octanol–water partition coefficient (Wildman–Crippen LogP) is 1.50. The minimum Gasteiger partial charge on any atom is -0.493 e. The minimum atomic E-state index is -3.07. The molecule has 1 atom stereocenters. The molecule has 1 unspecified atom stereocenters. The first kappa shape index (κ1) is 22.8. The van der Waals surface area contributed by atoms with Crippen LogP contribution in [0.2, 0.25) is 0 Å². The highest BCUT2D eigenvalue weighted by Crippen LogP contribution is 2.23. The lowest BCUT2D eigenvalue weighted by molar-refractivity contribution is 0.166. The number of rotatable bonds is 9. The van der Waals surface area contributed by atoms with Gasteiger partial charge in [0, 0.05) is 44.3 Å². The molecule has 1 aromatic carbocycles. The van der Waals surface area contributed by atoms with Gasteiger partial charge in [0.1, 0.15) is 5.75 Å². The van der Waals surface area contributed by atoms with Crippen molar-refractivity contribution in [2.75, 3.05) is 51.8 Å². The highest BCUT2D eigenvalue weighted by molar-refractivity contribution is 7.89. The van der Waals surface area contributed by atoms with Gasteiger partial charge in [-0.2, -0.15) is 0 Å². The fraction of sp³-hybridized carbons (Fsp3) is 0.667. The number of aliphatic imine (C=N–C) groups is 1. The molecule has 0 aliphatic carbocycles. The first-order valence-electron chi connectivity index (χ1n) is 10.8. The largest absolute Gasteiger partial charge is 0.493 e. The first-order chi connectivity index (χ1) is 14.5. The summed E-state index contributed by atoms with van der Waals surface area (Å²) in [6, 6.07) is 6.17. The van der Waals surface area contributed by atoms with E-state index >= 15 is 0 Å². The van der Waals surface area contributed by atoms with Crippen molar-refractivity contribution in [2.45, 2.75) is 33.2 Å². The van der Waals surface area contributed by atoms with Crippen LogP contribution < -0.4 is 15.4 Å². The number of hydrogen-bond donors (Lipinski definition) is 2. The van der Waals surface area contributed by atoms with Crippen LogP contribution in [0.3, 0.4) is 0 Å². The molecule has 0 bridgehead atoms. The number of aryl methyl sites for hydroxylation is 1. The van der Waals surface area contributed by atoms with Crippen molar-refractivity contribution in [3.8, 4) is 5.75 Å². The number of benzene rings is 1. The Hall–Kier alpha value is -1.84. The maximum atomic E-state index is 11.9. The lowest BCUT2D eigenvalue weighted by atomic mass is 10.1. The summed E-state index contributed by atoms with van der Waals surface area (Å²) >= 11 is 0. The maximum absolute atomic E-state index is 11.9. The highest BCUT2D eigenvalue weighted by Gasteiger charge is 2.27. The summed E-state index contributed by atoms with van der Waals surface area (Å²) in [5, 5.41) is 6.46. The normalized spacial score (nSPS) is 21.7. The van der Waals surface area contributed by atoms with Crippen LogP contribution in [0.4, 0.5) is 0 Å². The molecular weight excluding hydrogens is 404 g/mol. The average molecular weight is 439 g/mol. The van der Waals surface area contributed by atoms with Gasteiger partial charge < -0.3 is 20.1 Å². The summed E-state index contributed by atoms with van der Waals surface area (Å²) < 4.78 is 36.9.